The van der Waals surface area contributed by atoms with Crippen LogP contribution in [0.25, 0.3) is 5.65 Å². The van der Waals surface area contributed by atoms with Gasteiger partial charge < -0.3 is 18.8 Å². The first-order valence-corrected chi connectivity index (χ1v) is 11.7. The van der Waals surface area contributed by atoms with Crippen LogP contribution in [-0.2, 0) is 17.6 Å². The van der Waals surface area contributed by atoms with Crippen molar-refractivity contribution in [2.75, 3.05) is 31.2 Å². The first kappa shape index (κ1) is 22.3. The third kappa shape index (κ3) is 5.51. The van der Waals surface area contributed by atoms with Gasteiger partial charge in [0.2, 0.25) is 5.88 Å². The van der Waals surface area contributed by atoms with Gasteiger partial charge in [0.15, 0.2) is 0 Å². The quantitative estimate of drug-likeness (QED) is 0.436. The van der Waals surface area contributed by atoms with E-state index in [0.29, 0.717) is 31.9 Å². The van der Waals surface area contributed by atoms with Crippen molar-refractivity contribution in [2.45, 2.75) is 39.2 Å². The van der Waals surface area contributed by atoms with E-state index in [1.807, 2.05) is 62.1 Å². The number of hydrogen-bond acceptors (Lipinski definition) is 7. The molecule has 0 unspecified atom stereocenters. The lowest BCUT2D eigenvalue weighted by atomic mass is 10.1. The molecule has 1 aliphatic heterocycles. The highest BCUT2D eigenvalue weighted by Gasteiger charge is 2.16. The van der Waals surface area contributed by atoms with Gasteiger partial charge in [-0.1, -0.05) is 6.07 Å². The van der Waals surface area contributed by atoms with Crippen LogP contribution < -0.4 is 9.64 Å². The number of rotatable bonds is 6. The lowest BCUT2D eigenvalue weighted by molar-refractivity contribution is 0.122. The van der Waals surface area contributed by atoms with E-state index in [9.17, 15) is 0 Å². The van der Waals surface area contributed by atoms with Crippen molar-refractivity contribution in [3.05, 3.63) is 77.8 Å². The average molecular weight is 459 g/mol. The van der Waals surface area contributed by atoms with Crippen LogP contribution in [0.1, 0.15) is 43.4 Å². The maximum Gasteiger partial charge on any atom is 0.213 e. The zero-order chi connectivity index (χ0) is 23.5. The molecule has 5 heterocycles. The Morgan fingerprint density at radius 1 is 0.941 bits per heavy atom. The minimum Gasteiger partial charge on any atom is -0.472 e. The van der Waals surface area contributed by atoms with Gasteiger partial charge in [0, 0.05) is 62.9 Å². The summed E-state index contributed by atoms with van der Waals surface area (Å²) in [5.41, 5.74) is 3.86. The second-order valence-electron chi connectivity index (χ2n) is 9.53. The molecule has 5 rings (SSSR count). The molecule has 8 heteroatoms. The molecule has 0 atom stereocenters. The van der Waals surface area contributed by atoms with Crippen molar-refractivity contribution in [1.29, 1.82) is 0 Å². The molecule has 1 aliphatic rings. The van der Waals surface area contributed by atoms with Gasteiger partial charge >= 0.3 is 0 Å². The molecule has 1 saturated heterocycles. The Kier molecular flexibility index (Phi) is 6.15. The summed E-state index contributed by atoms with van der Waals surface area (Å²) in [5, 5.41) is 0. The Balaban J connectivity index is 1.41. The van der Waals surface area contributed by atoms with Crippen LogP contribution in [0.3, 0.4) is 0 Å². The summed E-state index contributed by atoms with van der Waals surface area (Å²) in [7, 11) is 0. The smallest absolute Gasteiger partial charge is 0.213 e. The Morgan fingerprint density at radius 3 is 2.56 bits per heavy atom. The van der Waals surface area contributed by atoms with E-state index in [0.717, 1.165) is 41.6 Å². The maximum atomic E-state index is 5.85. The molecule has 0 radical (unpaired) electrons. The predicted octanol–water partition coefficient (Wildman–Crippen LogP) is 3.71. The Bertz CT molecular complexity index is 1260. The fourth-order valence-corrected chi connectivity index (χ4v) is 4.00. The van der Waals surface area contributed by atoms with Crippen LogP contribution >= 0.6 is 0 Å². The van der Waals surface area contributed by atoms with E-state index in [2.05, 4.69) is 33.1 Å². The monoisotopic (exact) mass is 458 g/mol. The van der Waals surface area contributed by atoms with Crippen LogP contribution in [0.2, 0.25) is 0 Å². The number of nitrogens with zero attached hydrogens (tertiary/aromatic N) is 6. The predicted molar refractivity (Wildman–Crippen MR) is 130 cm³/mol. The highest BCUT2D eigenvalue weighted by molar-refractivity contribution is 5.45. The molecule has 0 aliphatic carbocycles. The summed E-state index contributed by atoms with van der Waals surface area (Å²) in [6, 6.07) is 10.3. The molecule has 0 amide bonds. The van der Waals surface area contributed by atoms with Crippen molar-refractivity contribution in [2.24, 2.45) is 0 Å². The van der Waals surface area contributed by atoms with Gasteiger partial charge in [0.25, 0.3) is 0 Å². The topological polar surface area (TPSA) is 77.7 Å². The molecular weight excluding hydrogens is 428 g/mol. The molecule has 1 fully saturated rings. The zero-order valence-electron chi connectivity index (χ0n) is 19.9. The fourth-order valence-electron chi connectivity index (χ4n) is 4.00. The molecule has 0 spiro atoms. The first-order chi connectivity index (χ1) is 16.4. The van der Waals surface area contributed by atoms with E-state index in [1.54, 1.807) is 0 Å². The van der Waals surface area contributed by atoms with Gasteiger partial charge in [-0.25, -0.2) is 19.9 Å². The molecule has 4 aromatic rings. The first-order valence-electron chi connectivity index (χ1n) is 11.7. The van der Waals surface area contributed by atoms with Gasteiger partial charge in [-0.3, -0.25) is 0 Å². The highest BCUT2D eigenvalue weighted by atomic mass is 16.5. The second kappa shape index (κ2) is 9.38. The van der Waals surface area contributed by atoms with Crippen molar-refractivity contribution >= 4 is 11.5 Å². The van der Waals surface area contributed by atoms with Crippen LogP contribution in [-0.4, -0.2) is 56.2 Å². The van der Waals surface area contributed by atoms with Crippen molar-refractivity contribution < 1.29 is 9.47 Å². The number of fused-ring (bicyclic) bond motifs is 1. The molecule has 8 nitrogen and oxygen atoms in total. The minimum atomic E-state index is -0.279. The summed E-state index contributed by atoms with van der Waals surface area (Å²) in [6.07, 6.45) is 8.96. The Morgan fingerprint density at radius 2 is 1.79 bits per heavy atom. The SMILES string of the molecule is CC(C)(C)Oc1ccc(Cc2nc(Cc3ccn4ccnc4c3)cc(N3CCOCC3)n2)cn1. The molecule has 0 bridgehead atoms. The van der Waals surface area contributed by atoms with Crippen LogP contribution in [0, 0.1) is 0 Å². The van der Waals surface area contributed by atoms with Crippen LogP contribution in [0.5, 0.6) is 5.88 Å². The van der Waals surface area contributed by atoms with Crippen molar-refractivity contribution in [1.82, 2.24) is 24.3 Å². The second-order valence-corrected chi connectivity index (χ2v) is 9.53. The Hall–Kier alpha value is -3.52. The largest absolute Gasteiger partial charge is 0.472 e. The normalized spacial score (nSPS) is 14.5. The maximum absolute atomic E-state index is 5.85. The third-order valence-electron chi connectivity index (χ3n) is 5.57. The number of ether oxygens (including phenoxy) is 2. The van der Waals surface area contributed by atoms with Crippen molar-refractivity contribution in [3.8, 4) is 5.88 Å². The number of morpholine rings is 1. The number of anilines is 1. The third-order valence-corrected chi connectivity index (χ3v) is 5.57. The number of aromatic nitrogens is 5. The summed E-state index contributed by atoms with van der Waals surface area (Å²) in [6.45, 7) is 9.12. The van der Waals surface area contributed by atoms with E-state index in [1.165, 1.54) is 5.56 Å². The van der Waals surface area contributed by atoms with E-state index < -0.39 is 0 Å². The van der Waals surface area contributed by atoms with Gasteiger partial charge in [-0.05, 0) is 44.0 Å². The molecule has 4 aromatic heterocycles. The lowest BCUT2D eigenvalue weighted by Gasteiger charge is -2.28. The van der Waals surface area contributed by atoms with Crippen molar-refractivity contribution in [3.63, 3.8) is 0 Å². The van der Waals surface area contributed by atoms with Gasteiger partial charge in [-0.15, -0.1) is 0 Å². The summed E-state index contributed by atoms with van der Waals surface area (Å²) < 4.78 is 13.4. The van der Waals surface area contributed by atoms with Gasteiger partial charge in [-0.2, -0.15) is 0 Å². The van der Waals surface area contributed by atoms with E-state index in [4.69, 9.17) is 19.4 Å². The number of pyridine rings is 2. The fraction of sp³-hybridized carbons (Fsp3) is 0.385. The van der Waals surface area contributed by atoms with Crippen LogP contribution in [0.4, 0.5) is 5.82 Å². The lowest BCUT2D eigenvalue weighted by Crippen LogP contribution is -2.37. The molecule has 0 N–H and O–H groups in total. The van der Waals surface area contributed by atoms with Gasteiger partial charge in [0.05, 0.1) is 18.9 Å². The summed E-state index contributed by atoms with van der Waals surface area (Å²) in [4.78, 5) is 21.0. The van der Waals surface area contributed by atoms with E-state index >= 15 is 0 Å². The molecule has 0 aromatic carbocycles. The number of hydrogen-bond donors (Lipinski definition) is 0. The van der Waals surface area contributed by atoms with Gasteiger partial charge in [0.1, 0.15) is 22.9 Å². The molecule has 0 saturated carbocycles. The zero-order valence-corrected chi connectivity index (χ0v) is 19.9. The molecule has 176 valence electrons. The Labute approximate surface area is 199 Å². The molecular formula is C26H30N6O2. The standard InChI is InChI=1S/C26H30N6O2/c1-26(2,3)34-25-5-4-20(18-28-25)15-22-29-21(17-24(30-22)32-10-12-33-13-11-32)14-19-6-8-31-9-7-27-23(31)16-19/h4-9,16-18H,10-15H2,1-3H3. The summed E-state index contributed by atoms with van der Waals surface area (Å²) >= 11 is 0. The van der Waals surface area contributed by atoms with E-state index in [-0.39, 0.29) is 5.60 Å². The minimum absolute atomic E-state index is 0.279. The highest BCUT2D eigenvalue weighted by Crippen LogP contribution is 2.20. The average Bonchev–Trinajstić information content (AvgIpc) is 3.28. The number of imidazole rings is 1. The molecule has 34 heavy (non-hydrogen) atoms. The van der Waals surface area contributed by atoms with Crippen LogP contribution in [0.15, 0.2) is 55.1 Å². The summed E-state index contributed by atoms with van der Waals surface area (Å²) in [5.74, 6) is 2.35.